The summed E-state index contributed by atoms with van der Waals surface area (Å²) in [6.07, 6.45) is 5.00. The van der Waals surface area contributed by atoms with E-state index in [1.54, 1.807) is 13.1 Å². The van der Waals surface area contributed by atoms with Gasteiger partial charge in [-0.1, -0.05) is 6.42 Å². The molecule has 0 aromatic carbocycles. The van der Waals surface area contributed by atoms with Gasteiger partial charge in [0, 0.05) is 25.5 Å². The Bertz CT molecular complexity index is 479. The van der Waals surface area contributed by atoms with Crippen LogP contribution in [0.4, 0.5) is 0 Å². The van der Waals surface area contributed by atoms with Crippen molar-refractivity contribution in [1.29, 1.82) is 0 Å². The number of H-pyrrole nitrogens is 1. The molecule has 0 aliphatic heterocycles. The highest BCUT2D eigenvalue weighted by atomic mass is 35.5. The summed E-state index contributed by atoms with van der Waals surface area (Å²) < 4.78 is 25.8. The maximum absolute atomic E-state index is 12.2. The van der Waals surface area contributed by atoms with Crippen LogP contribution in [0, 0.1) is 5.92 Å². The molecule has 0 unspecified atom stereocenters. The Morgan fingerprint density at radius 1 is 1.53 bits per heavy atom. The van der Waals surface area contributed by atoms with E-state index in [1.807, 2.05) is 0 Å². The summed E-state index contributed by atoms with van der Waals surface area (Å²) in [5.41, 5.74) is 0.724. The largest absolute Gasteiger partial charge is 0.363 e. The van der Waals surface area contributed by atoms with E-state index in [4.69, 9.17) is 11.6 Å². The van der Waals surface area contributed by atoms with Crippen molar-refractivity contribution in [3.05, 3.63) is 18.0 Å². The van der Waals surface area contributed by atoms with Gasteiger partial charge in [-0.3, -0.25) is 0 Å². The van der Waals surface area contributed by atoms with Crippen LogP contribution < -0.4 is 0 Å². The molecule has 0 saturated heterocycles. The Morgan fingerprint density at radius 3 is 2.71 bits per heavy atom. The molecule has 1 aliphatic carbocycles. The monoisotopic (exact) mass is 276 g/mol. The van der Waals surface area contributed by atoms with Crippen molar-refractivity contribution in [2.24, 2.45) is 5.92 Å². The van der Waals surface area contributed by atoms with E-state index in [-0.39, 0.29) is 0 Å². The second-order valence-corrected chi connectivity index (χ2v) is 6.89. The van der Waals surface area contributed by atoms with E-state index in [1.165, 1.54) is 16.9 Å². The topological polar surface area (TPSA) is 53.2 Å². The van der Waals surface area contributed by atoms with Crippen molar-refractivity contribution < 1.29 is 8.42 Å². The lowest BCUT2D eigenvalue weighted by atomic mass is 9.86. The molecule has 1 aromatic rings. The Labute approximate surface area is 107 Å². The molecule has 1 fully saturated rings. The normalized spacial score (nSPS) is 17.4. The predicted octanol–water partition coefficient (Wildman–Crippen LogP) is 2.17. The minimum Gasteiger partial charge on any atom is -0.363 e. The fourth-order valence-corrected chi connectivity index (χ4v) is 3.38. The van der Waals surface area contributed by atoms with Crippen LogP contribution in [0.25, 0.3) is 0 Å². The van der Waals surface area contributed by atoms with E-state index in [9.17, 15) is 8.42 Å². The highest BCUT2D eigenvalue weighted by Crippen LogP contribution is 2.28. The number of rotatable bonds is 5. The van der Waals surface area contributed by atoms with Crippen molar-refractivity contribution in [2.75, 3.05) is 13.6 Å². The lowest BCUT2D eigenvalue weighted by Crippen LogP contribution is -2.34. The Balaban J connectivity index is 2.10. The minimum absolute atomic E-state index is 0.294. The van der Waals surface area contributed by atoms with E-state index in [0.717, 1.165) is 18.5 Å². The highest BCUT2D eigenvalue weighted by Gasteiger charge is 2.27. The van der Waals surface area contributed by atoms with Crippen LogP contribution in [0.15, 0.2) is 17.2 Å². The summed E-state index contributed by atoms with van der Waals surface area (Å²) in [6.45, 7) is 0.615. The average Bonchev–Trinajstić information content (AvgIpc) is 2.71. The van der Waals surface area contributed by atoms with Crippen molar-refractivity contribution in [1.82, 2.24) is 9.29 Å². The fraction of sp³-hybridized carbons (Fsp3) is 0.636. The zero-order valence-corrected chi connectivity index (χ0v) is 11.4. The molecule has 0 atom stereocenters. The van der Waals surface area contributed by atoms with Crippen LogP contribution in [-0.2, 0) is 15.9 Å². The summed E-state index contributed by atoms with van der Waals surface area (Å²) in [7, 11) is -1.72. The van der Waals surface area contributed by atoms with Gasteiger partial charge in [-0.05, 0) is 24.8 Å². The van der Waals surface area contributed by atoms with Gasteiger partial charge in [0.05, 0.1) is 10.8 Å². The molecule has 96 valence electrons. The second kappa shape index (κ2) is 5.00. The lowest BCUT2D eigenvalue weighted by molar-refractivity contribution is 0.263. The van der Waals surface area contributed by atoms with Gasteiger partial charge < -0.3 is 4.98 Å². The molecule has 2 rings (SSSR count). The third-order valence-corrected chi connectivity index (χ3v) is 5.40. The van der Waals surface area contributed by atoms with Gasteiger partial charge >= 0.3 is 0 Å². The average molecular weight is 277 g/mol. The van der Waals surface area contributed by atoms with Crippen molar-refractivity contribution in [3.8, 4) is 0 Å². The summed E-state index contributed by atoms with van der Waals surface area (Å²) in [5.74, 6) is 0.822. The van der Waals surface area contributed by atoms with Gasteiger partial charge in [0.2, 0.25) is 10.0 Å². The number of sulfonamides is 1. The molecule has 4 nitrogen and oxygen atoms in total. The first-order valence-corrected chi connectivity index (χ1v) is 7.71. The molecule has 1 aliphatic rings. The van der Waals surface area contributed by atoms with E-state index < -0.39 is 10.0 Å². The Kier molecular flexibility index (Phi) is 3.80. The molecule has 1 heterocycles. The molecule has 0 spiro atoms. The molecule has 17 heavy (non-hydrogen) atoms. The first-order chi connectivity index (χ1) is 8.04. The zero-order valence-electron chi connectivity index (χ0n) is 9.82. The SMILES string of the molecule is CN(CC1CCC1)S(=O)(=O)c1c[nH]c(CCl)c1. The molecule has 1 N–H and O–H groups in total. The van der Waals surface area contributed by atoms with E-state index in [2.05, 4.69) is 4.98 Å². The predicted molar refractivity (Wildman–Crippen MR) is 67.5 cm³/mol. The van der Waals surface area contributed by atoms with Gasteiger partial charge in [-0.25, -0.2) is 12.7 Å². The molecule has 1 saturated carbocycles. The van der Waals surface area contributed by atoms with Gasteiger partial charge in [-0.15, -0.1) is 11.6 Å². The van der Waals surface area contributed by atoms with Crippen LogP contribution in [0.3, 0.4) is 0 Å². The number of halogens is 1. The van der Waals surface area contributed by atoms with Crippen LogP contribution in [-0.4, -0.2) is 31.3 Å². The maximum atomic E-state index is 12.2. The molecular formula is C11H17ClN2O2S. The van der Waals surface area contributed by atoms with Gasteiger partial charge in [-0.2, -0.15) is 0 Å². The number of hydrogen-bond acceptors (Lipinski definition) is 2. The number of nitrogens with one attached hydrogen (secondary N) is 1. The number of aromatic amines is 1. The fourth-order valence-electron chi connectivity index (χ4n) is 1.96. The quantitative estimate of drug-likeness (QED) is 0.838. The summed E-state index contributed by atoms with van der Waals surface area (Å²) >= 11 is 5.65. The molecule has 6 heteroatoms. The standard InChI is InChI=1S/C11H17ClN2O2S/c1-14(8-9-3-2-4-9)17(15,16)11-5-10(6-12)13-7-11/h5,7,9,13H,2-4,6,8H2,1H3. The summed E-state index contributed by atoms with van der Waals surface area (Å²) in [6, 6.07) is 1.60. The number of nitrogens with zero attached hydrogens (tertiary/aromatic N) is 1. The minimum atomic E-state index is -3.36. The first kappa shape index (κ1) is 12.9. The molecule has 0 radical (unpaired) electrons. The van der Waals surface area contributed by atoms with E-state index >= 15 is 0 Å². The van der Waals surface area contributed by atoms with Gasteiger partial charge in [0.15, 0.2) is 0 Å². The lowest BCUT2D eigenvalue weighted by Gasteiger charge is -2.29. The molecular weight excluding hydrogens is 260 g/mol. The third-order valence-electron chi connectivity index (χ3n) is 3.31. The number of aromatic nitrogens is 1. The molecule has 1 aromatic heterocycles. The number of hydrogen-bond donors (Lipinski definition) is 1. The summed E-state index contributed by atoms with van der Waals surface area (Å²) in [4.78, 5) is 3.16. The van der Waals surface area contributed by atoms with E-state index in [0.29, 0.717) is 23.2 Å². The first-order valence-electron chi connectivity index (χ1n) is 5.73. The van der Waals surface area contributed by atoms with Crippen molar-refractivity contribution >= 4 is 21.6 Å². The van der Waals surface area contributed by atoms with Gasteiger partial charge in [0.1, 0.15) is 0 Å². The van der Waals surface area contributed by atoms with Crippen LogP contribution in [0.1, 0.15) is 25.0 Å². The molecule has 0 bridgehead atoms. The Morgan fingerprint density at radius 2 is 2.24 bits per heavy atom. The van der Waals surface area contributed by atoms with Crippen molar-refractivity contribution in [2.45, 2.75) is 30.0 Å². The van der Waals surface area contributed by atoms with Crippen LogP contribution in [0.5, 0.6) is 0 Å². The van der Waals surface area contributed by atoms with Crippen LogP contribution >= 0.6 is 11.6 Å². The third kappa shape index (κ3) is 2.67. The van der Waals surface area contributed by atoms with Crippen LogP contribution in [0.2, 0.25) is 0 Å². The zero-order chi connectivity index (χ0) is 12.5. The van der Waals surface area contributed by atoms with Crippen molar-refractivity contribution in [3.63, 3.8) is 0 Å². The highest BCUT2D eigenvalue weighted by molar-refractivity contribution is 7.89. The maximum Gasteiger partial charge on any atom is 0.244 e. The van der Waals surface area contributed by atoms with Gasteiger partial charge in [0.25, 0.3) is 0 Å². The smallest absolute Gasteiger partial charge is 0.244 e. The summed E-state index contributed by atoms with van der Waals surface area (Å²) in [5, 5.41) is 0. The second-order valence-electron chi connectivity index (χ2n) is 4.58. The Hall–Kier alpha value is -0.520. The number of alkyl halides is 1. The molecule has 0 amide bonds.